The molecule has 0 saturated carbocycles. The summed E-state index contributed by atoms with van der Waals surface area (Å²) in [7, 11) is 1.65. The number of hydrogen-bond donors (Lipinski definition) is 1. The SMILES string of the molecule is COc1ccc(-c2ccc(C(=O)O)cc2C)cc1-c1ccc(C)cc1CN1C(=O)OC[C@@H]1Cc1ccccc1. The topological polar surface area (TPSA) is 76.1 Å². The molecule has 1 saturated heterocycles. The molecular weight excluding hydrogens is 490 g/mol. The molecule has 4 aromatic carbocycles. The van der Waals surface area contributed by atoms with Gasteiger partial charge in [-0.15, -0.1) is 0 Å². The predicted octanol–water partition coefficient (Wildman–Crippen LogP) is 6.91. The molecule has 6 nitrogen and oxygen atoms in total. The zero-order valence-electron chi connectivity index (χ0n) is 22.3. The van der Waals surface area contributed by atoms with Crippen molar-refractivity contribution in [2.24, 2.45) is 0 Å². The highest BCUT2D eigenvalue weighted by Gasteiger charge is 2.33. The van der Waals surface area contributed by atoms with Crippen molar-refractivity contribution in [3.05, 3.63) is 113 Å². The van der Waals surface area contributed by atoms with E-state index in [4.69, 9.17) is 9.47 Å². The number of carboxylic acid groups (broad SMARTS) is 1. The lowest BCUT2D eigenvalue weighted by molar-refractivity contribution is 0.0696. The molecule has 1 atom stereocenters. The minimum atomic E-state index is -0.949. The average molecular weight is 522 g/mol. The summed E-state index contributed by atoms with van der Waals surface area (Å²) < 4.78 is 11.2. The number of rotatable bonds is 8. The molecule has 0 radical (unpaired) electrons. The van der Waals surface area contributed by atoms with E-state index >= 15 is 0 Å². The third-order valence-electron chi connectivity index (χ3n) is 7.26. The first-order valence-electron chi connectivity index (χ1n) is 12.9. The third kappa shape index (κ3) is 5.50. The van der Waals surface area contributed by atoms with Gasteiger partial charge < -0.3 is 14.6 Å². The van der Waals surface area contributed by atoms with Gasteiger partial charge in [-0.05, 0) is 77.9 Å². The van der Waals surface area contributed by atoms with Crippen molar-refractivity contribution in [3.63, 3.8) is 0 Å². The largest absolute Gasteiger partial charge is 0.496 e. The molecule has 1 aliphatic heterocycles. The van der Waals surface area contributed by atoms with Crippen LogP contribution in [0, 0.1) is 13.8 Å². The maximum Gasteiger partial charge on any atom is 0.410 e. The van der Waals surface area contributed by atoms with Crippen molar-refractivity contribution in [1.82, 2.24) is 4.90 Å². The Balaban J connectivity index is 1.53. The normalized spacial score (nSPS) is 14.8. The van der Waals surface area contributed by atoms with E-state index in [9.17, 15) is 14.7 Å². The fourth-order valence-electron chi connectivity index (χ4n) is 5.24. The smallest absolute Gasteiger partial charge is 0.410 e. The molecule has 198 valence electrons. The number of hydrogen-bond acceptors (Lipinski definition) is 4. The molecule has 5 rings (SSSR count). The predicted molar refractivity (Wildman–Crippen MR) is 151 cm³/mol. The summed E-state index contributed by atoms with van der Waals surface area (Å²) in [5.41, 5.74) is 8.16. The maximum atomic E-state index is 12.8. The lowest BCUT2D eigenvalue weighted by Crippen LogP contribution is -2.34. The van der Waals surface area contributed by atoms with Crippen LogP contribution < -0.4 is 4.74 Å². The van der Waals surface area contributed by atoms with Gasteiger partial charge in [-0.3, -0.25) is 4.90 Å². The monoisotopic (exact) mass is 521 g/mol. The van der Waals surface area contributed by atoms with Crippen LogP contribution in [-0.2, 0) is 17.7 Å². The Kier molecular flexibility index (Phi) is 7.37. The Labute approximate surface area is 228 Å². The van der Waals surface area contributed by atoms with Crippen molar-refractivity contribution in [3.8, 4) is 28.0 Å². The molecule has 6 heteroatoms. The van der Waals surface area contributed by atoms with Crippen LogP contribution in [0.2, 0.25) is 0 Å². The molecule has 39 heavy (non-hydrogen) atoms. The molecule has 1 aliphatic rings. The molecule has 4 aromatic rings. The maximum absolute atomic E-state index is 12.8. The molecular formula is C33H31NO5. The van der Waals surface area contributed by atoms with E-state index in [1.165, 1.54) is 0 Å². The van der Waals surface area contributed by atoms with Crippen LogP contribution in [0.4, 0.5) is 4.79 Å². The second-order valence-corrected chi connectivity index (χ2v) is 9.96. The Morgan fingerprint density at radius 2 is 1.72 bits per heavy atom. The number of carbonyl (C=O) groups excluding carboxylic acids is 1. The van der Waals surface area contributed by atoms with Gasteiger partial charge in [-0.1, -0.05) is 66.2 Å². The van der Waals surface area contributed by atoms with Crippen molar-refractivity contribution in [2.45, 2.75) is 32.9 Å². The molecule has 0 bridgehead atoms. The minimum absolute atomic E-state index is 0.0584. The van der Waals surface area contributed by atoms with Gasteiger partial charge in [-0.25, -0.2) is 9.59 Å². The van der Waals surface area contributed by atoms with E-state index in [-0.39, 0.29) is 17.7 Å². The van der Waals surface area contributed by atoms with Crippen molar-refractivity contribution >= 4 is 12.1 Å². The summed E-state index contributed by atoms with van der Waals surface area (Å²) >= 11 is 0. The van der Waals surface area contributed by atoms with Crippen LogP contribution in [0.15, 0.2) is 84.9 Å². The Hall–Kier alpha value is -4.58. The fraction of sp³-hybridized carbons (Fsp3) is 0.212. The van der Waals surface area contributed by atoms with Gasteiger partial charge in [0.2, 0.25) is 0 Å². The highest BCUT2D eigenvalue weighted by atomic mass is 16.6. The number of amides is 1. The standard InChI is InChI=1S/C33H31NO5/c1-21-9-12-29(26(15-21)19-34-27(20-39-33(34)37)17-23-7-5-4-6-8-23)30-18-24(11-14-31(30)38-3)28-13-10-25(32(35)36)16-22(28)2/h4-16,18,27H,17,19-20H2,1-3H3,(H,35,36)/t27-/m0/s1. The van der Waals surface area contributed by atoms with Crippen LogP contribution in [-0.4, -0.2) is 41.8 Å². The van der Waals surface area contributed by atoms with Gasteiger partial charge in [-0.2, -0.15) is 0 Å². The first-order valence-corrected chi connectivity index (χ1v) is 12.9. The van der Waals surface area contributed by atoms with Crippen molar-refractivity contribution in [2.75, 3.05) is 13.7 Å². The highest BCUT2D eigenvalue weighted by Crippen LogP contribution is 2.38. The number of ether oxygens (including phenoxy) is 2. The van der Waals surface area contributed by atoms with Gasteiger partial charge in [0.15, 0.2) is 0 Å². The second-order valence-electron chi connectivity index (χ2n) is 9.96. The Bertz CT molecular complexity index is 1530. The van der Waals surface area contributed by atoms with Crippen molar-refractivity contribution in [1.29, 1.82) is 0 Å². The number of benzene rings is 4. The molecule has 0 aromatic heterocycles. The highest BCUT2D eigenvalue weighted by molar-refractivity contribution is 5.89. The van der Waals surface area contributed by atoms with Crippen LogP contribution in [0.25, 0.3) is 22.3 Å². The van der Waals surface area contributed by atoms with Gasteiger partial charge >= 0.3 is 12.1 Å². The molecule has 1 N–H and O–H groups in total. The number of methoxy groups -OCH3 is 1. The van der Waals surface area contributed by atoms with E-state index in [1.807, 2.05) is 55.1 Å². The first-order chi connectivity index (χ1) is 18.8. The number of carbonyl (C=O) groups is 2. The molecule has 1 fully saturated rings. The van der Waals surface area contributed by atoms with Crippen LogP contribution in [0.3, 0.4) is 0 Å². The molecule has 0 unspecified atom stereocenters. The summed E-state index contributed by atoms with van der Waals surface area (Å²) in [6.45, 7) is 4.72. The quantitative estimate of drug-likeness (QED) is 0.273. The first kappa shape index (κ1) is 26.0. The summed E-state index contributed by atoms with van der Waals surface area (Å²) in [5, 5.41) is 9.37. The van der Waals surface area contributed by atoms with E-state index in [1.54, 1.807) is 19.2 Å². The number of nitrogens with zero attached hydrogens (tertiary/aromatic N) is 1. The number of cyclic esters (lactones) is 1. The summed E-state index contributed by atoms with van der Waals surface area (Å²) in [6.07, 6.45) is 0.413. The van der Waals surface area contributed by atoms with E-state index in [0.717, 1.165) is 50.9 Å². The zero-order valence-corrected chi connectivity index (χ0v) is 22.3. The van der Waals surface area contributed by atoms with Crippen LogP contribution in [0.1, 0.15) is 32.6 Å². The number of aromatic carboxylic acids is 1. The van der Waals surface area contributed by atoms with Gasteiger partial charge in [0, 0.05) is 5.56 Å². The molecule has 0 spiro atoms. The van der Waals surface area contributed by atoms with E-state index in [2.05, 4.69) is 36.4 Å². The average Bonchev–Trinajstić information content (AvgIpc) is 3.27. The fourth-order valence-corrected chi connectivity index (χ4v) is 5.24. The second kappa shape index (κ2) is 11.0. The Morgan fingerprint density at radius 3 is 2.44 bits per heavy atom. The van der Waals surface area contributed by atoms with Crippen LogP contribution in [0.5, 0.6) is 5.75 Å². The molecule has 1 heterocycles. The summed E-state index contributed by atoms with van der Waals surface area (Å²) in [6, 6.07) is 27.4. The van der Waals surface area contributed by atoms with E-state index < -0.39 is 5.97 Å². The van der Waals surface area contributed by atoms with Crippen molar-refractivity contribution < 1.29 is 24.2 Å². The van der Waals surface area contributed by atoms with Crippen LogP contribution >= 0.6 is 0 Å². The zero-order chi connectivity index (χ0) is 27.5. The van der Waals surface area contributed by atoms with E-state index in [0.29, 0.717) is 18.9 Å². The molecule has 0 aliphatic carbocycles. The summed E-state index contributed by atoms with van der Waals surface area (Å²) in [4.78, 5) is 26.1. The number of aryl methyl sites for hydroxylation is 2. The lowest BCUT2D eigenvalue weighted by Gasteiger charge is -2.24. The Morgan fingerprint density at radius 1 is 0.949 bits per heavy atom. The molecule has 1 amide bonds. The van der Waals surface area contributed by atoms with Gasteiger partial charge in [0.1, 0.15) is 12.4 Å². The lowest BCUT2D eigenvalue weighted by atomic mass is 9.92. The third-order valence-corrected chi connectivity index (χ3v) is 7.26. The summed E-state index contributed by atoms with van der Waals surface area (Å²) in [5.74, 6) is -0.233. The van der Waals surface area contributed by atoms with Gasteiger partial charge in [0.25, 0.3) is 0 Å². The number of carboxylic acids is 1. The minimum Gasteiger partial charge on any atom is -0.496 e. The van der Waals surface area contributed by atoms with Gasteiger partial charge in [0.05, 0.1) is 25.3 Å².